The fraction of sp³-hybridized carbons (Fsp3) is 0.280. The third-order valence-electron chi connectivity index (χ3n) is 6.37. The third-order valence-corrected chi connectivity index (χ3v) is 8.61. The number of ether oxygens (including phenoxy) is 1. The van der Waals surface area contributed by atoms with Crippen LogP contribution in [0.3, 0.4) is 0 Å². The molecule has 2 amide bonds. The molecule has 0 bridgehead atoms. The zero-order valence-electron chi connectivity index (χ0n) is 20.0. The number of imide groups is 1. The molecule has 1 aromatic heterocycles. The lowest BCUT2D eigenvalue weighted by Gasteiger charge is -2.32. The van der Waals surface area contributed by atoms with Crippen molar-refractivity contribution >= 4 is 55.7 Å². The minimum atomic E-state index is -3.64. The van der Waals surface area contributed by atoms with Crippen molar-refractivity contribution in [2.75, 3.05) is 31.6 Å². The Morgan fingerprint density at radius 3 is 2.62 bits per heavy atom. The maximum absolute atomic E-state index is 12.9. The molecule has 12 heteroatoms. The van der Waals surface area contributed by atoms with E-state index in [2.05, 4.69) is 20.0 Å². The zero-order valence-corrected chi connectivity index (χ0v) is 21.6. The number of nitrogens with one attached hydrogen (secondary N) is 2. The molecule has 10 nitrogen and oxygen atoms in total. The van der Waals surface area contributed by atoms with Crippen LogP contribution < -0.4 is 19.7 Å². The summed E-state index contributed by atoms with van der Waals surface area (Å²) in [6.07, 6.45) is 4.75. The summed E-state index contributed by atoms with van der Waals surface area (Å²) >= 11 is 0.844. The average Bonchev–Trinajstić information content (AvgIpc) is 3.23. The van der Waals surface area contributed by atoms with Gasteiger partial charge < -0.3 is 9.64 Å². The van der Waals surface area contributed by atoms with Crippen LogP contribution in [0.15, 0.2) is 58.5 Å². The van der Waals surface area contributed by atoms with Crippen LogP contribution in [0.5, 0.6) is 5.75 Å². The van der Waals surface area contributed by atoms with E-state index in [1.54, 1.807) is 43.6 Å². The van der Waals surface area contributed by atoms with Crippen molar-refractivity contribution < 1.29 is 22.7 Å². The summed E-state index contributed by atoms with van der Waals surface area (Å²) in [5, 5.41) is 3.56. The molecule has 37 heavy (non-hydrogen) atoms. The average molecular weight is 540 g/mol. The number of thioether (sulfide) groups is 1. The predicted octanol–water partition coefficient (Wildman–Crippen LogP) is 3.16. The number of anilines is 1. The molecule has 0 saturated carbocycles. The SMILES string of the molecule is COc1ccc2cc(S(=O)(=O)NCC3CCN(c4nccc(/C=C5/SC(=O)NC5=O)n4)CC3)ccc2c1. The fourth-order valence-corrected chi connectivity index (χ4v) is 6.11. The first kappa shape index (κ1) is 25.2. The van der Waals surface area contributed by atoms with E-state index in [1.807, 2.05) is 23.1 Å². The lowest BCUT2D eigenvalue weighted by molar-refractivity contribution is -0.115. The van der Waals surface area contributed by atoms with Crippen molar-refractivity contribution in [3.05, 3.63) is 59.3 Å². The van der Waals surface area contributed by atoms with Crippen molar-refractivity contribution in [1.29, 1.82) is 0 Å². The molecule has 2 fully saturated rings. The molecule has 5 rings (SSSR count). The topological polar surface area (TPSA) is 131 Å². The van der Waals surface area contributed by atoms with Crippen LogP contribution in [0.4, 0.5) is 10.7 Å². The van der Waals surface area contributed by atoms with Gasteiger partial charge in [-0.05, 0) is 77.7 Å². The summed E-state index contributed by atoms with van der Waals surface area (Å²) in [5.74, 6) is 1.02. The Morgan fingerprint density at radius 1 is 1.14 bits per heavy atom. The number of rotatable bonds is 7. The van der Waals surface area contributed by atoms with Gasteiger partial charge in [0, 0.05) is 25.8 Å². The van der Waals surface area contributed by atoms with Crippen LogP contribution >= 0.6 is 11.8 Å². The number of carbonyl (C=O) groups is 2. The van der Waals surface area contributed by atoms with Gasteiger partial charge in [-0.15, -0.1) is 0 Å². The summed E-state index contributed by atoms with van der Waals surface area (Å²) in [5.41, 5.74) is 0.543. The molecule has 2 aromatic carbocycles. The zero-order chi connectivity index (χ0) is 26.0. The van der Waals surface area contributed by atoms with Crippen LogP contribution in [0.1, 0.15) is 18.5 Å². The molecule has 2 saturated heterocycles. The molecule has 3 heterocycles. The Balaban J connectivity index is 1.18. The number of hydrogen-bond acceptors (Lipinski definition) is 9. The van der Waals surface area contributed by atoms with E-state index in [4.69, 9.17) is 4.74 Å². The van der Waals surface area contributed by atoms with E-state index in [1.165, 1.54) is 0 Å². The molecule has 0 unspecified atom stereocenters. The largest absolute Gasteiger partial charge is 0.497 e. The van der Waals surface area contributed by atoms with Gasteiger partial charge in [0.05, 0.1) is 22.6 Å². The predicted molar refractivity (Wildman–Crippen MR) is 142 cm³/mol. The normalized spacial score (nSPS) is 18.0. The lowest BCUT2D eigenvalue weighted by Crippen LogP contribution is -2.39. The first-order valence-electron chi connectivity index (χ1n) is 11.7. The Labute approximate surface area is 218 Å². The number of sulfonamides is 1. The second kappa shape index (κ2) is 10.5. The summed E-state index contributed by atoms with van der Waals surface area (Å²) in [6, 6.07) is 12.3. The minimum absolute atomic E-state index is 0.186. The Hall–Kier alpha value is -3.48. The van der Waals surface area contributed by atoms with Crippen LogP contribution in [0, 0.1) is 5.92 Å². The number of nitrogens with zero attached hydrogens (tertiary/aromatic N) is 3. The maximum Gasteiger partial charge on any atom is 0.290 e. The highest BCUT2D eigenvalue weighted by Crippen LogP contribution is 2.27. The van der Waals surface area contributed by atoms with E-state index in [0.29, 0.717) is 36.2 Å². The molecule has 3 aromatic rings. The Kier molecular flexibility index (Phi) is 7.13. The number of methoxy groups -OCH3 is 1. The van der Waals surface area contributed by atoms with Gasteiger partial charge in [-0.25, -0.2) is 23.1 Å². The van der Waals surface area contributed by atoms with Gasteiger partial charge in [-0.1, -0.05) is 12.1 Å². The number of hydrogen-bond donors (Lipinski definition) is 2. The summed E-state index contributed by atoms with van der Waals surface area (Å²) < 4.78 is 33.9. The highest BCUT2D eigenvalue weighted by atomic mass is 32.2. The number of carbonyl (C=O) groups excluding carboxylic acids is 2. The van der Waals surface area contributed by atoms with E-state index >= 15 is 0 Å². The molecule has 2 aliphatic rings. The highest BCUT2D eigenvalue weighted by Gasteiger charge is 2.26. The molecule has 0 aliphatic carbocycles. The molecule has 0 atom stereocenters. The van der Waals surface area contributed by atoms with Gasteiger partial charge in [0.2, 0.25) is 16.0 Å². The van der Waals surface area contributed by atoms with Gasteiger partial charge in [-0.3, -0.25) is 14.9 Å². The first-order valence-corrected chi connectivity index (χ1v) is 14.0. The Morgan fingerprint density at radius 2 is 1.89 bits per heavy atom. The van der Waals surface area contributed by atoms with E-state index in [0.717, 1.165) is 41.1 Å². The van der Waals surface area contributed by atoms with Gasteiger partial charge in [-0.2, -0.15) is 0 Å². The molecule has 0 spiro atoms. The monoisotopic (exact) mass is 539 g/mol. The van der Waals surface area contributed by atoms with E-state index in [9.17, 15) is 18.0 Å². The molecular formula is C25H25N5O5S2. The van der Waals surface area contributed by atoms with Crippen molar-refractivity contribution in [2.45, 2.75) is 17.7 Å². The second-order valence-corrected chi connectivity index (χ2v) is 11.6. The van der Waals surface area contributed by atoms with Crippen LogP contribution in [-0.2, 0) is 14.8 Å². The number of piperidine rings is 1. The molecule has 2 aliphatic heterocycles. The van der Waals surface area contributed by atoms with E-state index < -0.39 is 21.2 Å². The lowest BCUT2D eigenvalue weighted by atomic mass is 9.97. The van der Waals surface area contributed by atoms with Crippen molar-refractivity contribution in [1.82, 2.24) is 20.0 Å². The summed E-state index contributed by atoms with van der Waals surface area (Å²) in [6.45, 7) is 1.71. The number of amides is 2. The standard InChI is InChI=1S/C25H25N5O5S2/c1-35-20-4-2-18-13-21(5-3-17(18)12-20)37(33,34)27-15-16-7-10-30(11-8-16)24-26-9-6-19(28-24)14-22-23(31)29-25(32)36-22/h2-6,9,12-14,16,27H,7-8,10-11,15H2,1H3,(H,29,31,32)/b22-14+. The Bertz CT molecular complexity index is 1500. The highest BCUT2D eigenvalue weighted by molar-refractivity contribution is 8.18. The summed E-state index contributed by atoms with van der Waals surface area (Å²) in [7, 11) is -2.05. The van der Waals surface area contributed by atoms with Crippen LogP contribution in [0.2, 0.25) is 0 Å². The van der Waals surface area contributed by atoms with Crippen LogP contribution in [-0.4, -0.2) is 56.3 Å². The van der Waals surface area contributed by atoms with E-state index in [-0.39, 0.29) is 10.8 Å². The first-order chi connectivity index (χ1) is 17.8. The van der Waals surface area contributed by atoms with Gasteiger partial charge >= 0.3 is 0 Å². The molecular weight excluding hydrogens is 514 g/mol. The molecule has 2 N–H and O–H groups in total. The number of aromatic nitrogens is 2. The van der Waals surface area contributed by atoms with Gasteiger partial charge in [0.1, 0.15) is 5.75 Å². The van der Waals surface area contributed by atoms with Crippen LogP contribution in [0.25, 0.3) is 16.8 Å². The van der Waals surface area contributed by atoms with Gasteiger partial charge in [0.15, 0.2) is 0 Å². The van der Waals surface area contributed by atoms with Crippen molar-refractivity contribution in [3.63, 3.8) is 0 Å². The third kappa shape index (κ3) is 5.76. The number of fused-ring (bicyclic) bond motifs is 1. The fourth-order valence-electron chi connectivity index (χ4n) is 4.29. The van der Waals surface area contributed by atoms with Crippen molar-refractivity contribution in [3.8, 4) is 5.75 Å². The summed E-state index contributed by atoms with van der Waals surface area (Å²) in [4.78, 5) is 34.6. The maximum atomic E-state index is 12.9. The molecule has 0 radical (unpaired) electrons. The van der Waals surface area contributed by atoms with Crippen molar-refractivity contribution in [2.24, 2.45) is 5.92 Å². The quantitative estimate of drug-likeness (QED) is 0.435. The van der Waals surface area contributed by atoms with Gasteiger partial charge in [0.25, 0.3) is 11.1 Å². The smallest absolute Gasteiger partial charge is 0.290 e. The molecule has 192 valence electrons. The second-order valence-electron chi connectivity index (χ2n) is 8.79. The minimum Gasteiger partial charge on any atom is -0.497 e. The number of benzene rings is 2.